The quantitative estimate of drug-likeness (QED) is 0.529. The summed E-state index contributed by atoms with van der Waals surface area (Å²) in [6, 6.07) is 2.31. The van der Waals surface area contributed by atoms with Crippen molar-refractivity contribution in [1.82, 2.24) is 4.90 Å². The Balaban J connectivity index is 2.09. The maximum absolute atomic E-state index is 13.3. The first-order valence-corrected chi connectivity index (χ1v) is 9.62. The predicted molar refractivity (Wildman–Crippen MR) is 87.6 cm³/mol. The highest BCUT2D eigenvalue weighted by Crippen LogP contribution is 2.27. The normalized spacial score (nSPS) is 18.7. The fourth-order valence-electron chi connectivity index (χ4n) is 2.75. The molecule has 0 N–H and O–H groups in total. The van der Waals surface area contributed by atoms with Crippen molar-refractivity contribution >= 4 is 21.4 Å². The summed E-state index contributed by atoms with van der Waals surface area (Å²) in [5.41, 5.74) is -0.445. The standard InChI is InChI=1S/C15H19FN2O6S/c1-2-6-17(12-5-7-25(22,23)10-12)15(19)9-24-14-8-11(16)3-4-13(14)18(20)21/h3-4,8,12H,2,5-7,9-10H2,1H3/t12-/m1/s1. The lowest BCUT2D eigenvalue weighted by Crippen LogP contribution is -2.44. The zero-order valence-electron chi connectivity index (χ0n) is 13.7. The Kier molecular flexibility index (Phi) is 5.93. The van der Waals surface area contributed by atoms with Gasteiger partial charge in [0.25, 0.3) is 5.91 Å². The van der Waals surface area contributed by atoms with Gasteiger partial charge in [-0.15, -0.1) is 0 Å². The van der Waals surface area contributed by atoms with E-state index >= 15 is 0 Å². The molecular weight excluding hydrogens is 355 g/mol. The van der Waals surface area contributed by atoms with Crippen LogP contribution in [0.5, 0.6) is 5.75 Å². The minimum atomic E-state index is -3.16. The van der Waals surface area contributed by atoms with E-state index in [4.69, 9.17) is 4.74 Å². The van der Waals surface area contributed by atoms with Gasteiger partial charge in [-0.25, -0.2) is 12.8 Å². The SMILES string of the molecule is CCCN(C(=O)COc1cc(F)ccc1[N+](=O)[O-])[C@@H]1CCS(=O)(=O)C1. The molecule has 0 radical (unpaired) electrons. The zero-order chi connectivity index (χ0) is 18.6. The molecule has 0 unspecified atom stereocenters. The molecule has 25 heavy (non-hydrogen) atoms. The molecule has 1 amide bonds. The van der Waals surface area contributed by atoms with Crippen molar-refractivity contribution in [2.45, 2.75) is 25.8 Å². The largest absolute Gasteiger partial charge is 0.477 e. The number of nitro groups is 1. The van der Waals surface area contributed by atoms with Gasteiger partial charge in [0.2, 0.25) is 5.75 Å². The molecule has 1 saturated heterocycles. The maximum atomic E-state index is 13.3. The van der Waals surface area contributed by atoms with Gasteiger partial charge in [0, 0.05) is 24.7 Å². The number of carbonyl (C=O) groups is 1. The molecule has 1 aliphatic heterocycles. The van der Waals surface area contributed by atoms with E-state index in [1.165, 1.54) is 4.90 Å². The second-order valence-electron chi connectivity index (χ2n) is 5.80. The number of amides is 1. The smallest absolute Gasteiger partial charge is 0.311 e. The summed E-state index contributed by atoms with van der Waals surface area (Å²) in [7, 11) is -3.16. The number of carbonyl (C=O) groups excluding carboxylic acids is 1. The van der Waals surface area contributed by atoms with Gasteiger partial charge >= 0.3 is 5.69 Å². The van der Waals surface area contributed by atoms with Gasteiger partial charge in [0.1, 0.15) is 5.82 Å². The zero-order valence-corrected chi connectivity index (χ0v) is 14.5. The van der Waals surface area contributed by atoms with E-state index in [1.807, 2.05) is 6.92 Å². The van der Waals surface area contributed by atoms with Crippen LogP contribution in [0.4, 0.5) is 10.1 Å². The molecule has 1 heterocycles. The van der Waals surface area contributed by atoms with E-state index in [2.05, 4.69) is 0 Å². The minimum Gasteiger partial charge on any atom is -0.477 e. The Labute approximate surface area is 144 Å². The van der Waals surface area contributed by atoms with Crippen LogP contribution in [0.25, 0.3) is 0 Å². The fourth-order valence-corrected chi connectivity index (χ4v) is 4.48. The molecule has 0 aromatic heterocycles. The molecule has 10 heteroatoms. The topological polar surface area (TPSA) is 107 Å². The number of hydrogen-bond donors (Lipinski definition) is 0. The summed E-state index contributed by atoms with van der Waals surface area (Å²) in [6.45, 7) is 1.68. The number of halogens is 1. The molecule has 1 aliphatic rings. The molecular formula is C15H19FN2O6S. The van der Waals surface area contributed by atoms with E-state index in [-0.39, 0.29) is 17.3 Å². The van der Waals surface area contributed by atoms with Crippen molar-refractivity contribution in [1.29, 1.82) is 0 Å². The third kappa shape index (κ3) is 4.88. The lowest BCUT2D eigenvalue weighted by atomic mass is 10.2. The molecule has 138 valence electrons. The van der Waals surface area contributed by atoms with Gasteiger partial charge < -0.3 is 9.64 Å². The van der Waals surface area contributed by atoms with Crippen LogP contribution in [0, 0.1) is 15.9 Å². The maximum Gasteiger partial charge on any atom is 0.311 e. The first-order valence-electron chi connectivity index (χ1n) is 7.80. The van der Waals surface area contributed by atoms with Crippen LogP contribution < -0.4 is 4.74 Å². The Morgan fingerprint density at radius 3 is 2.76 bits per heavy atom. The summed E-state index contributed by atoms with van der Waals surface area (Å²) in [6.07, 6.45) is 0.983. The van der Waals surface area contributed by atoms with Crippen LogP contribution in [-0.2, 0) is 14.6 Å². The van der Waals surface area contributed by atoms with Crippen LogP contribution in [0.15, 0.2) is 18.2 Å². The van der Waals surface area contributed by atoms with Crippen LogP contribution in [0.3, 0.4) is 0 Å². The van der Waals surface area contributed by atoms with E-state index in [0.29, 0.717) is 19.4 Å². The third-order valence-electron chi connectivity index (χ3n) is 3.90. The summed E-state index contributed by atoms with van der Waals surface area (Å²) < 4.78 is 41.7. The first kappa shape index (κ1) is 19.1. The predicted octanol–water partition coefficient (Wildman–Crippen LogP) is 1.54. The highest BCUT2D eigenvalue weighted by molar-refractivity contribution is 7.91. The Bertz CT molecular complexity index is 767. The van der Waals surface area contributed by atoms with Crippen LogP contribution in [0.1, 0.15) is 19.8 Å². The summed E-state index contributed by atoms with van der Waals surface area (Å²) in [5, 5.41) is 10.9. The van der Waals surface area contributed by atoms with Gasteiger partial charge in [-0.1, -0.05) is 6.92 Å². The van der Waals surface area contributed by atoms with Crippen molar-refractivity contribution in [3.63, 3.8) is 0 Å². The second kappa shape index (κ2) is 7.77. The lowest BCUT2D eigenvalue weighted by Gasteiger charge is -2.27. The third-order valence-corrected chi connectivity index (χ3v) is 5.65. The monoisotopic (exact) mass is 374 g/mol. The van der Waals surface area contributed by atoms with Gasteiger partial charge in [0.15, 0.2) is 16.4 Å². The van der Waals surface area contributed by atoms with Gasteiger partial charge in [-0.3, -0.25) is 14.9 Å². The minimum absolute atomic E-state index is 0.0292. The first-order chi connectivity index (χ1) is 11.7. The van der Waals surface area contributed by atoms with E-state index in [9.17, 15) is 27.7 Å². The summed E-state index contributed by atoms with van der Waals surface area (Å²) >= 11 is 0. The van der Waals surface area contributed by atoms with Gasteiger partial charge in [0.05, 0.1) is 16.4 Å². The Morgan fingerprint density at radius 1 is 1.48 bits per heavy atom. The summed E-state index contributed by atoms with van der Waals surface area (Å²) in [5.74, 6) is -1.61. The average molecular weight is 374 g/mol. The van der Waals surface area contributed by atoms with Crippen molar-refractivity contribution in [2.75, 3.05) is 24.7 Å². The second-order valence-corrected chi connectivity index (χ2v) is 8.03. The number of nitro benzene ring substituents is 1. The number of hydrogen-bond acceptors (Lipinski definition) is 6. The molecule has 1 aromatic carbocycles. The van der Waals surface area contributed by atoms with Gasteiger partial charge in [-0.2, -0.15) is 0 Å². The molecule has 1 atom stereocenters. The molecule has 0 spiro atoms. The van der Waals surface area contributed by atoms with Crippen molar-refractivity contribution in [3.8, 4) is 5.75 Å². The Morgan fingerprint density at radius 2 is 2.20 bits per heavy atom. The molecule has 1 fully saturated rings. The van der Waals surface area contributed by atoms with Crippen LogP contribution in [-0.4, -0.2) is 54.8 Å². The number of rotatable bonds is 7. The fraction of sp³-hybridized carbons (Fsp3) is 0.533. The van der Waals surface area contributed by atoms with Crippen LogP contribution >= 0.6 is 0 Å². The number of ether oxygens (including phenoxy) is 1. The lowest BCUT2D eigenvalue weighted by molar-refractivity contribution is -0.385. The number of benzene rings is 1. The molecule has 8 nitrogen and oxygen atoms in total. The van der Waals surface area contributed by atoms with Crippen LogP contribution in [0.2, 0.25) is 0 Å². The van der Waals surface area contributed by atoms with Crippen molar-refractivity contribution in [3.05, 3.63) is 34.1 Å². The number of sulfone groups is 1. The average Bonchev–Trinajstić information content (AvgIpc) is 2.89. The van der Waals surface area contributed by atoms with Gasteiger partial charge in [-0.05, 0) is 18.9 Å². The summed E-state index contributed by atoms with van der Waals surface area (Å²) in [4.78, 5) is 24.0. The van der Waals surface area contributed by atoms with E-state index < -0.39 is 44.8 Å². The van der Waals surface area contributed by atoms with E-state index in [0.717, 1.165) is 18.2 Å². The Hall–Kier alpha value is -2.23. The molecule has 2 rings (SSSR count). The number of nitrogens with zero attached hydrogens (tertiary/aromatic N) is 2. The molecule has 0 aliphatic carbocycles. The molecule has 0 saturated carbocycles. The molecule has 1 aromatic rings. The molecule has 0 bridgehead atoms. The van der Waals surface area contributed by atoms with Crippen molar-refractivity contribution < 1.29 is 27.3 Å². The highest BCUT2D eigenvalue weighted by Gasteiger charge is 2.34. The van der Waals surface area contributed by atoms with E-state index in [1.54, 1.807) is 0 Å². The highest BCUT2D eigenvalue weighted by atomic mass is 32.2. The van der Waals surface area contributed by atoms with Crippen molar-refractivity contribution in [2.24, 2.45) is 0 Å².